The lowest BCUT2D eigenvalue weighted by atomic mass is 9.70. The van der Waals surface area contributed by atoms with E-state index in [0.29, 0.717) is 0 Å². The molecule has 2 heteroatoms. The van der Waals surface area contributed by atoms with Crippen molar-refractivity contribution >= 4 is 38.6 Å². The Morgan fingerprint density at radius 3 is 1.11 bits per heavy atom. The number of benzene rings is 11. The molecule has 2 spiro atoms. The number of hydrogen-bond acceptors (Lipinski definition) is 2. The van der Waals surface area contributed by atoms with Crippen LogP contribution in [0.5, 0.6) is 11.5 Å². The highest BCUT2D eigenvalue weighted by atomic mass is 16.5. The Kier molecular flexibility index (Phi) is 6.46. The molecule has 11 aromatic rings. The van der Waals surface area contributed by atoms with Crippen LogP contribution in [0.1, 0.15) is 44.5 Å². The lowest BCUT2D eigenvalue weighted by Crippen LogP contribution is -2.27. The molecule has 2 nitrogen and oxygen atoms in total. The lowest BCUT2D eigenvalue weighted by molar-refractivity contribution is 0.474. The van der Waals surface area contributed by atoms with Gasteiger partial charge in [0.1, 0.15) is 0 Å². The Balaban J connectivity index is 1.02. The van der Waals surface area contributed by atoms with Crippen molar-refractivity contribution in [3.8, 4) is 56.0 Å². The topological polar surface area (TPSA) is 12.5 Å². The van der Waals surface area contributed by atoms with Crippen LogP contribution in [-0.2, 0) is 10.8 Å². The molecule has 66 heavy (non-hydrogen) atoms. The van der Waals surface area contributed by atoms with Gasteiger partial charge in [-0.05, 0) is 147 Å². The molecular formula is C64H37NO. The molecule has 0 fully saturated rings. The Morgan fingerprint density at radius 2 is 0.667 bits per heavy atom. The Bertz CT molecular complexity index is 3660. The number of hydrogen-bond donors (Lipinski definition) is 0. The maximum absolute atomic E-state index is 7.57. The van der Waals surface area contributed by atoms with Crippen LogP contribution in [0.3, 0.4) is 0 Å². The summed E-state index contributed by atoms with van der Waals surface area (Å²) in [4.78, 5) is 2.47. The number of nitrogens with zero attached hydrogens (tertiary/aromatic N) is 1. The van der Waals surface area contributed by atoms with E-state index in [0.717, 1.165) is 28.6 Å². The maximum Gasteiger partial charge on any atom is 0.151 e. The first-order chi connectivity index (χ1) is 32.7. The van der Waals surface area contributed by atoms with Gasteiger partial charge >= 0.3 is 0 Å². The molecule has 0 saturated heterocycles. The maximum atomic E-state index is 7.57. The van der Waals surface area contributed by atoms with Crippen molar-refractivity contribution in [2.24, 2.45) is 0 Å². The quantitative estimate of drug-likeness (QED) is 0.163. The first kappa shape index (κ1) is 35.0. The van der Waals surface area contributed by atoms with Gasteiger partial charge in [0.15, 0.2) is 11.5 Å². The number of para-hydroxylation sites is 1. The summed E-state index contributed by atoms with van der Waals surface area (Å²) in [6.07, 6.45) is 0. The van der Waals surface area contributed by atoms with Gasteiger partial charge in [0.2, 0.25) is 0 Å². The number of rotatable bonds is 1. The van der Waals surface area contributed by atoms with Crippen LogP contribution in [0.25, 0.3) is 66.1 Å². The molecule has 0 aromatic heterocycles. The number of anilines is 3. The fourth-order valence-electron chi connectivity index (χ4n) is 13.5. The Morgan fingerprint density at radius 1 is 0.288 bits per heavy atom. The minimum Gasteiger partial charge on any atom is -0.453 e. The van der Waals surface area contributed by atoms with Gasteiger partial charge in [0.25, 0.3) is 0 Å². The minimum absolute atomic E-state index is 0.528. The van der Waals surface area contributed by atoms with E-state index in [1.165, 1.54) is 111 Å². The Hall–Kier alpha value is -8.46. The van der Waals surface area contributed by atoms with Crippen LogP contribution >= 0.6 is 0 Å². The molecule has 0 amide bonds. The van der Waals surface area contributed by atoms with Gasteiger partial charge < -0.3 is 9.64 Å². The van der Waals surface area contributed by atoms with Crippen molar-refractivity contribution in [2.75, 3.05) is 4.90 Å². The van der Waals surface area contributed by atoms with Gasteiger partial charge in [-0.3, -0.25) is 0 Å². The normalized spacial score (nSPS) is 15.0. The fourth-order valence-corrected chi connectivity index (χ4v) is 13.5. The molecular weight excluding hydrogens is 799 g/mol. The first-order valence-corrected chi connectivity index (χ1v) is 23.1. The first-order valence-electron chi connectivity index (χ1n) is 23.1. The summed E-state index contributed by atoms with van der Waals surface area (Å²) in [6, 6.07) is 84.1. The van der Waals surface area contributed by atoms with Crippen molar-refractivity contribution in [1.29, 1.82) is 0 Å². The summed E-state index contributed by atoms with van der Waals surface area (Å²) < 4.78 is 7.57. The van der Waals surface area contributed by atoms with Crippen LogP contribution in [0.4, 0.5) is 17.1 Å². The largest absolute Gasteiger partial charge is 0.453 e. The van der Waals surface area contributed by atoms with Gasteiger partial charge in [-0.1, -0.05) is 188 Å². The lowest BCUT2D eigenvalue weighted by Gasteiger charge is -2.36. The average molecular weight is 836 g/mol. The third-order valence-electron chi connectivity index (χ3n) is 15.8. The van der Waals surface area contributed by atoms with E-state index < -0.39 is 10.8 Å². The van der Waals surface area contributed by atoms with E-state index in [1.807, 2.05) is 0 Å². The van der Waals surface area contributed by atoms with Crippen LogP contribution in [0, 0.1) is 0 Å². The second-order valence-electron chi connectivity index (χ2n) is 18.6. The molecule has 0 atom stereocenters. The summed E-state index contributed by atoms with van der Waals surface area (Å²) >= 11 is 0. The molecule has 11 aromatic carbocycles. The zero-order valence-corrected chi connectivity index (χ0v) is 35.7. The molecule has 304 valence electrons. The van der Waals surface area contributed by atoms with E-state index in [9.17, 15) is 0 Å². The van der Waals surface area contributed by atoms with Gasteiger partial charge in [-0.25, -0.2) is 0 Å². The third-order valence-corrected chi connectivity index (χ3v) is 15.8. The van der Waals surface area contributed by atoms with E-state index in [1.54, 1.807) is 0 Å². The van der Waals surface area contributed by atoms with E-state index in [4.69, 9.17) is 4.74 Å². The molecule has 1 heterocycles. The molecule has 0 radical (unpaired) electrons. The molecule has 0 N–H and O–H groups in total. The van der Waals surface area contributed by atoms with Gasteiger partial charge in [-0.15, -0.1) is 0 Å². The molecule has 0 saturated carbocycles. The van der Waals surface area contributed by atoms with Crippen molar-refractivity contribution < 1.29 is 4.74 Å². The summed E-state index contributed by atoms with van der Waals surface area (Å²) in [5.41, 5.74) is 22.8. The van der Waals surface area contributed by atoms with E-state index in [2.05, 4.69) is 229 Å². The average Bonchev–Trinajstić information content (AvgIpc) is 4.05. The molecule has 1 aliphatic heterocycles. The van der Waals surface area contributed by atoms with E-state index in [-0.39, 0.29) is 0 Å². The predicted molar refractivity (Wildman–Crippen MR) is 269 cm³/mol. The van der Waals surface area contributed by atoms with Crippen molar-refractivity contribution in [3.63, 3.8) is 0 Å². The van der Waals surface area contributed by atoms with Gasteiger partial charge in [-0.2, -0.15) is 0 Å². The zero-order chi connectivity index (χ0) is 42.9. The van der Waals surface area contributed by atoms with Crippen LogP contribution in [-0.4, -0.2) is 0 Å². The SMILES string of the molecule is c1ccc(N2c3cc4c(cc3Oc3cc5c(cc32)-c2c(ccc3ccccc23)C52c3ccccc3-c3ccccc32)C2(c3ccccc3-c3ccccc32)c2ccc3ccccc3c2-4)cc1. The van der Waals surface area contributed by atoms with Crippen LogP contribution < -0.4 is 9.64 Å². The van der Waals surface area contributed by atoms with Crippen molar-refractivity contribution in [1.82, 2.24) is 0 Å². The second-order valence-corrected chi connectivity index (χ2v) is 18.6. The highest BCUT2D eigenvalue weighted by molar-refractivity contribution is 6.10. The van der Waals surface area contributed by atoms with Crippen LogP contribution in [0.2, 0.25) is 0 Å². The van der Waals surface area contributed by atoms with Gasteiger partial charge in [0.05, 0.1) is 22.2 Å². The van der Waals surface area contributed by atoms with Gasteiger partial charge in [0, 0.05) is 5.69 Å². The number of ether oxygens (including phenoxy) is 1. The van der Waals surface area contributed by atoms with Crippen LogP contribution in [0.15, 0.2) is 224 Å². The molecule has 16 rings (SSSR count). The monoisotopic (exact) mass is 835 g/mol. The smallest absolute Gasteiger partial charge is 0.151 e. The number of fused-ring (bicyclic) bond motifs is 26. The second kappa shape index (κ2) is 12.2. The highest BCUT2D eigenvalue weighted by Crippen LogP contribution is 2.69. The molecule has 0 unspecified atom stereocenters. The highest BCUT2D eigenvalue weighted by Gasteiger charge is 2.55. The predicted octanol–water partition coefficient (Wildman–Crippen LogP) is 16.3. The Labute approximate surface area is 382 Å². The fraction of sp³-hybridized carbons (Fsp3) is 0.0312. The van der Waals surface area contributed by atoms with Crippen molar-refractivity contribution in [3.05, 3.63) is 269 Å². The standard InChI is InChI=1S/C64H37NO/c1-2-18-40(19-3-1)65-57-34-47-55(63(53-32-30-38-16-4-6-20-41(38)61(47)53)49-26-12-8-22-43(49)44-23-9-13-27-50(44)63)36-59(57)66-60-37-56-48(35-58(60)65)62-42-21-7-5-17-39(42)31-33-54(62)64(56)51-28-14-10-24-45(51)46-25-11-15-29-52(46)64/h1-37H. The summed E-state index contributed by atoms with van der Waals surface area (Å²) in [7, 11) is 0. The zero-order valence-electron chi connectivity index (χ0n) is 35.7. The molecule has 5 aliphatic rings. The van der Waals surface area contributed by atoms with Crippen molar-refractivity contribution in [2.45, 2.75) is 10.8 Å². The third kappa shape index (κ3) is 3.99. The molecule has 0 bridgehead atoms. The summed E-state index contributed by atoms with van der Waals surface area (Å²) in [5.74, 6) is 1.70. The van der Waals surface area contributed by atoms with E-state index >= 15 is 0 Å². The summed E-state index contributed by atoms with van der Waals surface area (Å²) in [6.45, 7) is 0. The summed E-state index contributed by atoms with van der Waals surface area (Å²) in [5, 5.41) is 5.01. The molecule has 4 aliphatic carbocycles. The minimum atomic E-state index is -0.528.